The third-order valence-corrected chi connectivity index (χ3v) is 2.42. The Labute approximate surface area is 95.4 Å². The SMILES string of the molecule is COCc1nc(C)cc(N2CCCCO2)n1. The number of ether oxygens (including phenoxy) is 1. The zero-order valence-electron chi connectivity index (χ0n) is 9.77. The molecule has 1 saturated heterocycles. The monoisotopic (exact) mass is 223 g/mol. The van der Waals surface area contributed by atoms with Crippen molar-refractivity contribution in [3.05, 3.63) is 17.6 Å². The molecule has 5 nitrogen and oxygen atoms in total. The summed E-state index contributed by atoms with van der Waals surface area (Å²) in [6.07, 6.45) is 2.26. The first-order chi connectivity index (χ1) is 7.79. The van der Waals surface area contributed by atoms with Crippen molar-refractivity contribution in [1.29, 1.82) is 0 Å². The fourth-order valence-electron chi connectivity index (χ4n) is 1.71. The molecule has 2 rings (SSSR count). The van der Waals surface area contributed by atoms with Crippen LogP contribution in [0, 0.1) is 6.92 Å². The molecule has 88 valence electrons. The van der Waals surface area contributed by atoms with E-state index in [-0.39, 0.29) is 0 Å². The van der Waals surface area contributed by atoms with E-state index in [1.165, 1.54) is 0 Å². The Kier molecular flexibility index (Phi) is 3.69. The van der Waals surface area contributed by atoms with E-state index in [4.69, 9.17) is 9.57 Å². The predicted molar refractivity (Wildman–Crippen MR) is 60.0 cm³/mol. The standard InChI is InChI=1S/C11H17N3O2/c1-9-7-11(13-10(12-9)8-15-2)14-5-3-4-6-16-14/h7H,3-6,8H2,1-2H3. The molecule has 16 heavy (non-hydrogen) atoms. The van der Waals surface area contributed by atoms with E-state index in [1.54, 1.807) is 7.11 Å². The highest BCUT2D eigenvalue weighted by Gasteiger charge is 2.14. The van der Waals surface area contributed by atoms with Crippen LogP contribution in [0.15, 0.2) is 6.07 Å². The van der Waals surface area contributed by atoms with Crippen LogP contribution in [0.2, 0.25) is 0 Å². The summed E-state index contributed by atoms with van der Waals surface area (Å²) >= 11 is 0. The average molecular weight is 223 g/mol. The number of aryl methyl sites for hydroxylation is 1. The average Bonchev–Trinajstić information content (AvgIpc) is 2.30. The summed E-state index contributed by atoms with van der Waals surface area (Å²) in [4.78, 5) is 14.3. The van der Waals surface area contributed by atoms with Crippen LogP contribution < -0.4 is 5.06 Å². The molecular formula is C11H17N3O2. The molecule has 0 radical (unpaired) electrons. The molecule has 0 amide bonds. The van der Waals surface area contributed by atoms with Crippen molar-refractivity contribution in [2.75, 3.05) is 25.3 Å². The van der Waals surface area contributed by atoms with Crippen molar-refractivity contribution in [2.45, 2.75) is 26.4 Å². The topological polar surface area (TPSA) is 47.5 Å². The number of hydrogen-bond acceptors (Lipinski definition) is 5. The minimum absolute atomic E-state index is 0.433. The lowest BCUT2D eigenvalue weighted by Crippen LogP contribution is -2.31. The molecule has 5 heteroatoms. The molecule has 0 bridgehead atoms. The van der Waals surface area contributed by atoms with Gasteiger partial charge in [-0.2, -0.15) is 0 Å². The summed E-state index contributed by atoms with van der Waals surface area (Å²) in [5.41, 5.74) is 0.936. The van der Waals surface area contributed by atoms with Crippen molar-refractivity contribution in [1.82, 2.24) is 9.97 Å². The van der Waals surface area contributed by atoms with E-state index in [1.807, 2.05) is 18.1 Å². The first kappa shape index (κ1) is 11.3. The summed E-state index contributed by atoms with van der Waals surface area (Å²) < 4.78 is 5.04. The van der Waals surface area contributed by atoms with Crippen LogP contribution >= 0.6 is 0 Å². The lowest BCUT2D eigenvalue weighted by molar-refractivity contribution is 0.0757. The normalized spacial score (nSPS) is 16.5. The summed E-state index contributed by atoms with van der Waals surface area (Å²) in [5.74, 6) is 1.53. The third-order valence-electron chi connectivity index (χ3n) is 2.42. The van der Waals surface area contributed by atoms with Gasteiger partial charge in [-0.1, -0.05) is 0 Å². The van der Waals surface area contributed by atoms with Crippen molar-refractivity contribution in [3.63, 3.8) is 0 Å². The van der Waals surface area contributed by atoms with E-state index >= 15 is 0 Å². The van der Waals surface area contributed by atoms with E-state index in [0.29, 0.717) is 12.4 Å². The summed E-state index contributed by atoms with van der Waals surface area (Å²) in [5, 5.41) is 1.84. The van der Waals surface area contributed by atoms with Crippen LogP contribution in [0.5, 0.6) is 0 Å². The molecule has 1 aromatic rings. The summed E-state index contributed by atoms with van der Waals surface area (Å²) in [7, 11) is 1.64. The fraction of sp³-hybridized carbons (Fsp3) is 0.636. The van der Waals surface area contributed by atoms with Crippen LogP contribution in [-0.2, 0) is 16.2 Å². The largest absolute Gasteiger partial charge is 0.377 e. The molecule has 0 saturated carbocycles. The predicted octanol–water partition coefficient (Wildman–Crippen LogP) is 1.46. The summed E-state index contributed by atoms with van der Waals surface area (Å²) in [6.45, 7) is 4.04. The third kappa shape index (κ3) is 2.68. The molecule has 0 aromatic carbocycles. The Morgan fingerprint density at radius 1 is 1.44 bits per heavy atom. The minimum atomic E-state index is 0.433. The van der Waals surface area contributed by atoms with Gasteiger partial charge in [-0.25, -0.2) is 15.0 Å². The second-order valence-corrected chi connectivity index (χ2v) is 3.86. The maximum absolute atomic E-state index is 5.55. The van der Waals surface area contributed by atoms with Crippen molar-refractivity contribution < 1.29 is 9.57 Å². The quantitative estimate of drug-likeness (QED) is 0.776. The Hall–Kier alpha value is -1.20. The Morgan fingerprint density at radius 3 is 3.00 bits per heavy atom. The van der Waals surface area contributed by atoms with Crippen LogP contribution in [0.3, 0.4) is 0 Å². The van der Waals surface area contributed by atoms with Crippen LogP contribution in [0.25, 0.3) is 0 Å². The van der Waals surface area contributed by atoms with Gasteiger partial charge in [0.1, 0.15) is 6.61 Å². The highest BCUT2D eigenvalue weighted by Crippen LogP contribution is 2.17. The molecular weight excluding hydrogens is 206 g/mol. The van der Waals surface area contributed by atoms with Gasteiger partial charge in [-0.3, -0.25) is 4.84 Å². The number of hydrogen-bond donors (Lipinski definition) is 0. The van der Waals surface area contributed by atoms with Gasteiger partial charge in [0.25, 0.3) is 0 Å². The zero-order chi connectivity index (χ0) is 11.4. The van der Waals surface area contributed by atoms with Crippen molar-refractivity contribution in [3.8, 4) is 0 Å². The van der Waals surface area contributed by atoms with Crippen LogP contribution in [0.1, 0.15) is 24.4 Å². The Morgan fingerprint density at radius 2 is 2.31 bits per heavy atom. The lowest BCUT2D eigenvalue weighted by Gasteiger charge is -2.27. The van der Waals surface area contributed by atoms with Crippen LogP contribution in [0.4, 0.5) is 5.82 Å². The lowest BCUT2D eigenvalue weighted by atomic mass is 10.3. The molecule has 1 aliphatic rings. The van der Waals surface area contributed by atoms with Gasteiger partial charge in [0.15, 0.2) is 11.6 Å². The second-order valence-electron chi connectivity index (χ2n) is 3.86. The molecule has 1 aromatic heterocycles. The van der Waals surface area contributed by atoms with Crippen LogP contribution in [-0.4, -0.2) is 30.2 Å². The highest BCUT2D eigenvalue weighted by atomic mass is 16.7. The van der Waals surface area contributed by atoms with Crippen molar-refractivity contribution >= 4 is 5.82 Å². The number of rotatable bonds is 3. The zero-order valence-corrected chi connectivity index (χ0v) is 9.77. The van der Waals surface area contributed by atoms with Gasteiger partial charge in [0.05, 0.1) is 6.61 Å². The van der Waals surface area contributed by atoms with Gasteiger partial charge in [-0.15, -0.1) is 0 Å². The van der Waals surface area contributed by atoms with Crippen molar-refractivity contribution in [2.24, 2.45) is 0 Å². The van der Waals surface area contributed by atoms with E-state index in [9.17, 15) is 0 Å². The van der Waals surface area contributed by atoms with E-state index in [0.717, 1.165) is 37.5 Å². The maximum atomic E-state index is 5.55. The molecule has 1 aliphatic heterocycles. The molecule has 0 aliphatic carbocycles. The minimum Gasteiger partial charge on any atom is -0.377 e. The second kappa shape index (κ2) is 5.23. The van der Waals surface area contributed by atoms with Gasteiger partial charge in [0, 0.05) is 25.4 Å². The highest BCUT2D eigenvalue weighted by molar-refractivity contribution is 5.36. The first-order valence-corrected chi connectivity index (χ1v) is 5.53. The number of anilines is 1. The molecule has 0 atom stereocenters. The Balaban J connectivity index is 2.18. The van der Waals surface area contributed by atoms with Gasteiger partial charge >= 0.3 is 0 Å². The molecule has 0 spiro atoms. The molecule has 2 heterocycles. The molecule has 0 N–H and O–H groups in total. The number of methoxy groups -OCH3 is 1. The van der Waals surface area contributed by atoms with Gasteiger partial charge in [0.2, 0.25) is 0 Å². The number of nitrogens with zero attached hydrogens (tertiary/aromatic N) is 3. The Bertz CT molecular complexity index is 351. The maximum Gasteiger partial charge on any atom is 0.156 e. The molecule has 1 fully saturated rings. The van der Waals surface area contributed by atoms with Gasteiger partial charge in [-0.05, 0) is 19.8 Å². The first-order valence-electron chi connectivity index (χ1n) is 5.53. The number of aromatic nitrogens is 2. The molecule has 0 unspecified atom stereocenters. The summed E-state index contributed by atoms with van der Waals surface area (Å²) in [6, 6.07) is 1.94. The van der Waals surface area contributed by atoms with Gasteiger partial charge < -0.3 is 4.74 Å². The van der Waals surface area contributed by atoms with E-state index < -0.39 is 0 Å². The fourth-order valence-corrected chi connectivity index (χ4v) is 1.71. The smallest absolute Gasteiger partial charge is 0.156 e. The number of hydroxylamine groups is 1. The van der Waals surface area contributed by atoms with E-state index in [2.05, 4.69) is 9.97 Å².